The molecule has 2 aromatic carbocycles. The van der Waals surface area contributed by atoms with Gasteiger partial charge in [-0.25, -0.2) is 0 Å². The lowest BCUT2D eigenvalue weighted by atomic mass is 9.93. The zero-order chi connectivity index (χ0) is 14.6. The van der Waals surface area contributed by atoms with E-state index in [2.05, 4.69) is 70.2 Å². The van der Waals surface area contributed by atoms with E-state index < -0.39 is 0 Å². The molecule has 0 saturated heterocycles. The SMILES string of the molecule is Cc1ccc(-c2ccccc2OCCC(C)(C)C)cc1. The second kappa shape index (κ2) is 6.13. The minimum absolute atomic E-state index is 0.304. The highest BCUT2D eigenvalue weighted by Crippen LogP contribution is 2.30. The molecule has 0 N–H and O–H groups in total. The molecule has 1 nitrogen and oxygen atoms in total. The second-order valence-corrected chi connectivity index (χ2v) is 6.52. The number of hydrogen-bond donors (Lipinski definition) is 0. The fourth-order valence-corrected chi connectivity index (χ4v) is 2.03. The predicted octanol–water partition coefficient (Wildman–Crippen LogP) is 5.48. The predicted molar refractivity (Wildman–Crippen MR) is 86.2 cm³/mol. The molecule has 2 rings (SSSR count). The Labute approximate surface area is 122 Å². The topological polar surface area (TPSA) is 9.23 Å². The lowest BCUT2D eigenvalue weighted by Gasteiger charge is -2.19. The van der Waals surface area contributed by atoms with E-state index >= 15 is 0 Å². The molecule has 0 aromatic heterocycles. The molecule has 0 spiro atoms. The van der Waals surface area contributed by atoms with E-state index in [4.69, 9.17) is 4.74 Å². The molecule has 0 amide bonds. The van der Waals surface area contributed by atoms with Gasteiger partial charge in [-0.1, -0.05) is 68.8 Å². The Balaban J connectivity index is 2.16. The molecular formula is C19H24O. The molecular weight excluding hydrogens is 244 g/mol. The van der Waals surface area contributed by atoms with Crippen LogP contribution in [0.15, 0.2) is 48.5 Å². The van der Waals surface area contributed by atoms with Crippen LogP contribution in [0.5, 0.6) is 5.75 Å². The summed E-state index contributed by atoms with van der Waals surface area (Å²) < 4.78 is 6.00. The molecule has 106 valence electrons. The molecule has 0 aliphatic rings. The standard InChI is InChI=1S/C19H24O/c1-15-9-11-16(12-10-15)17-7-5-6-8-18(17)20-14-13-19(2,3)4/h5-12H,13-14H2,1-4H3. The van der Waals surface area contributed by atoms with Crippen molar-refractivity contribution in [3.8, 4) is 16.9 Å². The number of aryl methyl sites for hydroxylation is 1. The molecule has 2 aromatic rings. The van der Waals surface area contributed by atoms with Gasteiger partial charge in [0.15, 0.2) is 0 Å². The number of benzene rings is 2. The second-order valence-electron chi connectivity index (χ2n) is 6.52. The van der Waals surface area contributed by atoms with Crippen LogP contribution in [0.1, 0.15) is 32.8 Å². The van der Waals surface area contributed by atoms with Crippen molar-refractivity contribution >= 4 is 0 Å². The van der Waals surface area contributed by atoms with Gasteiger partial charge < -0.3 is 4.74 Å². The van der Waals surface area contributed by atoms with Crippen LogP contribution in [-0.4, -0.2) is 6.61 Å². The van der Waals surface area contributed by atoms with Gasteiger partial charge in [0.1, 0.15) is 5.75 Å². The number of para-hydroxylation sites is 1. The van der Waals surface area contributed by atoms with Crippen molar-refractivity contribution < 1.29 is 4.74 Å². The van der Waals surface area contributed by atoms with Crippen molar-refractivity contribution in [2.24, 2.45) is 5.41 Å². The number of rotatable bonds is 4. The minimum Gasteiger partial charge on any atom is -0.493 e. The van der Waals surface area contributed by atoms with Gasteiger partial charge in [0.05, 0.1) is 6.61 Å². The average Bonchev–Trinajstić information content (AvgIpc) is 2.39. The molecule has 1 heteroatoms. The fraction of sp³-hybridized carbons (Fsp3) is 0.368. The molecule has 0 radical (unpaired) electrons. The first-order chi connectivity index (χ1) is 9.46. The summed E-state index contributed by atoms with van der Waals surface area (Å²) in [5.74, 6) is 0.973. The lowest BCUT2D eigenvalue weighted by molar-refractivity contribution is 0.244. The monoisotopic (exact) mass is 268 g/mol. The third kappa shape index (κ3) is 4.12. The first kappa shape index (κ1) is 14.6. The Kier molecular flexibility index (Phi) is 4.49. The maximum absolute atomic E-state index is 6.00. The minimum atomic E-state index is 0.304. The van der Waals surface area contributed by atoms with Gasteiger partial charge in [-0.2, -0.15) is 0 Å². The van der Waals surface area contributed by atoms with E-state index in [1.807, 2.05) is 6.07 Å². The Morgan fingerprint density at radius 3 is 2.20 bits per heavy atom. The van der Waals surface area contributed by atoms with Crippen LogP contribution in [0, 0.1) is 12.3 Å². The van der Waals surface area contributed by atoms with E-state index in [9.17, 15) is 0 Å². The van der Waals surface area contributed by atoms with Gasteiger partial charge in [-0.05, 0) is 30.4 Å². The highest BCUT2D eigenvalue weighted by molar-refractivity contribution is 5.70. The van der Waals surface area contributed by atoms with Crippen LogP contribution in [0.4, 0.5) is 0 Å². The first-order valence-corrected chi connectivity index (χ1v) is 7.25. The Hall–Kier alpha value is -1.76. The largest absolute Gasteiger partial charge is 0.493 e. The summed E-state index contributed by atoms with van der Waals surface area (Å²) in [6, 6.07) is 16.9. The van der Waals surface area contributed by atoms with Crippen molar-refractivity contribution in [1.29, 1.82) is 0 Å². The van der Waals surface area contributed by atoms with Gasteiger partial charge in [0, 0.05) is 5.56 Å². The Morgan fingerprint density at radius 1 is 0.900 bits per heavy atom. The molecule has 0 heterocycles. The summed E-state index contributed by atoms with van der Waals surface area (Å²) in [6.45, 7) is 9.58. The first-order valence-electron chi connectivity index (χ1n) is 7.25. The zero-order valence-electron chi connectivity index (χ0n) is 12.9. The number of ether oxygens (including phenoxy) is 1. The molecule has 0 bridgehead atoms. The Morgan fingerprint density at radius 2 is 1.55 bits per heavy atom. The molecule has 0 aliphatic carbocycles. The molecule has 0 atom stereocenters. The molecule has 0 saturated carbocycles. The summed E-state index contributed by atoms with van der Waals surface area (Å²) in [5.41, 5.74) is 3.96. The number of hydrogen-bond acceptors (Lipinski definition) is 1. The summed E-state index contributed by atoms with van der Waals surface area (Å²) in [4.78, 5) is 0. The van der Waals surface area contributed by atoms with Gasteiger partial charge >= 0.3 is 0 Å². The van der Waals surface area contributed by atoms with Crippen LogP contribution >= 0.6 is 0 Å². The maximum Gasteiger partial charge on any atom is 0.127 e. The quantitative estimate of drug-likeness (QED) is 0.713. The maximum atomic E-state index is 6.00. The van der Waals surface area contributed by atoms with E-state index in [-0.39, 0.29) is 0 Å². The summed E-state index contributed by atoms with van der Waals surface area (Å²) in [7, 11) is 0. The fourth-order valence-electron chi connectivity index (χ4n) is 2.03. The van der Waals surface area contributed by atoms with Crippen molar-refractivity contribution in [3.63, 3.8) is 0 Å². The van der Waals surface area contributed by atoms with Crippen molar-refractivity contribution in [2.45, 2.75) is 34.1 Å². The van der Waals surface area contributed by atoms with Gasteiger partial charge in [-0.3, -0.25) is 0 Å². The average molecular weight is 268 g/mol. The lowest BCUT2D eigenvalue weighted by Crippen LogP contribution is -2.11. The van der Waals surface area contributed by atoms with Crippen molar-refractivity contribution in [1.82, 2.24) is 0 Å². The van der Waals surface area contributed by atoms with Crippen LogP contribution in [0.3, 0.4) is 0 Å². The third-order valence-electron chi connectivity index (χ3n) is 3.36. The third-order valence-corrected chi connectivity index (χ3v) is 3.36. The highest BCUT2D eigenvalue weighted by Gasteiger charge is 2.11. The normalized spacial score (nSPS) is 11.4. The van der Waals surface area contributed by atoms with E-state index in [1.54, 1.807) is 0 Å². The van der Waals surface area contributed by atoms with Gasteiger partial charge in [0.25, 0.3) is 0 Å². The van der Waals surface area contributed by atoms with Crippen LogP contribution in [0.2, 0.25) is 0 Å². The molecule has 0 aliphatic heterocycles. The summed E-state index contributed by atoms with van der Waals surface area (Å²) in [5, 5.41) is 0. The van der Waals surface area contributed by atoms with Crippen LogP contribution in [0.25, 0.3) is 11.1 Å². The molecule has 0 fully saturated rings. The summed E-state index contributed by atoms with van der Waals surface area (Å²) in [6.07, 6.45) is 1.05. The zero-order valence-corrected chi connectivity index (χ0v) is 12.9. The smallest absolute Gasteiger partial charge is 0.127 e. The molecule has 20 heavy (non-hydrogen) atoms. The van der Waals surface area contributed by atoms with Crippen molar-refractivity contribution in [2.75, 3.05) is 6.61 Å². The van der Waals surface area contributed by atoms with E-state index in [1.165, 1.54) is 16.7 Å². The van der Waals surface area contributed by atoms with E-state index in [0.717, 1.165) is 18.8 Å². The van der Waals surface area contributed by atoms with Crippen molar-refractivity contribution in [3.05, 3.63) is 54.1 Å². The van der Waals surface area contributed by atoms with Gasteiger partial charge in [-0.15, -0.1) is 0 Å². The van der Waals surface area contributed by atoms with E-state index in [0.29, 0.717) is 5.41 Å². The highest BCUT2D eigenvalue weighted by atomic mass is 16.5. The summed E-state index contributed by atoms with van der Waals surface area (Å²) >= 11 is 0. The van der Waals surface area contributed by atoms with Gasteiger partial charge in [0.2, 0.25) is 0 Å². The molecule has 0 unspecified atom stereocenters. The van der Waals surface area contributed by atoms with Crippen LogP contribution in [-0.2, 0) is 0 Å². The van der Waals surface area contributed by atoms with Crippen LogP contribution < -0.4 is 4.74 Å². The Bertz CT molecular complexity index is 547.